The first-order chi connectivity index (χ1) is 27.7. The molecular formula is C45H58Cl2N8O4. The van der Waals surface area contributed by atoms with Crippen LogP contribution in [0, 0.1) is 0 Å². The summed E-state index contributed by atoms with van der Waals surface area (Å²) < 4.78 is 22.9. The molecule has 14 heteroatoms. The van der Waals surface area contributed by atoms with Gasteiger partial charge in [-0.15, -0.1) is 24.8 Å². The molecular weight excluding hydrogens is 787 g/mol. The highest BCUT2D eigenvalue weighted by molar-refractivity contribution is 5.85. The van der Waals surface area contributed by atoms with Crippen LogP contribution >= 0.6 is 24.8 Å². The molecule has 12 nitrogen and oxygen atoms in total. The van der Waals surface area contributed by atoms with Crippen LogP contribution in [0.25, 0.3) is 22.3 Å². The van der Waals surface area contributed by atoms with Gasteiger partial charge in [0.2, 0.25) is 11.9 Å². The maximum Gasteiger partial charge on any atom is 0.237 e. The Labute approximate surface area is 361 Å². The van der Waals surface area contributed by atoms with Crippen molar-refractivity contribution in [2.45, 2.75) is 84.2 Å². The van der Waals surface area contributed by atoms with Gasteiger partial charge in [-0.3, -0.25) is 10.3 Å². The van der Waals surface area contributed by atoms with Crippen LogP contribution in [-0.4, -0.2) is 94.5 Å². The van der Waals surface area contributed by atoms with Crippen molar-refractivity contribution in [2.75, 3.05) is 50.7 Å². The van der Waals surface area contributed by atoms with Gasteiger partial charge in [-0.1, -0.05) is 24.3 Å². The van der Waals surface area contributed by atoms with E-state index < -0.39 is 0 Å². The van der Waals surface area contributed by atoms with E-state index in [1.54, 1.807) is 14.2 Å². The summed E-state index contributed by atoms with van der Waals surface area (Å²) in [5.41, 5.74) is 8.95. The Morgan fingerprint density at radius 1 is 0.593 bits per heavy atom. The molecule has 2 aliphatic heterocycles. The van der Waals surface area contributed by atoms with Gasteiger partial charge in [-0.2, -0.15) is 0 Å². The number of ether oxygens (including phenoxy) is 4. The summed E-state index contributed by atoms with van der Waals surface area (Å²) in [7, 11) is 3.35. The minimum absolute atomic E-state index is 0. The van der Waals surface area contributed by atoms with Crippen LogP contribution in [0.3, 0.4) is 0 Å². The number of methoxy groups -OCH3 is 2. The van der Waals surface area contributed by atoms with Crippen LogP contribution < -0.4 is 29.3 Å². The number of aromatic nitrogens is 4. The van der Waals surface area contributed by atoms with Gasteiger partial charge in [0.15, 0.2) is 0 Å². The van der Waals surface area contributed by atoms with E-state index in [4.69, 9.17) is 38.9 Å². The number of nitrogens with zero attached hydrogens (tertiary/aromatic N) is 7. The molecule has 2 saturated heterocycles. The second-order valence-corrected chi connectivity index (χ2v) is 15.4. The molecule has 3 aromatic carbocycles. The fraction of sp³-hybridized carbons (Fsp3) is 0.422. The number of piperidine rings is 2. The first-order valence-electron chi connectivity index (χ1n) is 20.2. The third-order valence-electron chi connectivity index (χ3n) is 10.5. The van der Waals surface area contributed by atoms with Crippen molar-refractivity contribution in [1.82, 2.24) is 29.8 Å². The largest absolute Gasteiger partial charge is 0.497 e. The minimum Gasteiger partial charge on any atom is -0.497 e. The number of nitrogens with one attached hydrogen (secondary N) is 1. The fourth-order valence-electron chi connectivity index (χ4n) is 7.69. The molecule has 1 N–H and O–H groups in total. The van der Waals surface area contributed by atoms with Crippen LogP contribution in [0.2, 0.25) is 0 Å². The lowest BCUT2D eigenvalue weighted by molar-refractivity contribution is 0.0807. The van der Waals surface area contributed by atoms with Crippen LogP contribution in [-0.2, 0) is 6.54 Å². The number of benzene rings is 3. The van der Waals surface area contributed by atoms with E-state index in [0.717, 1.165) is 110 Å². The monoisotopic (exact) mass is 844 g/mol. The quantitative estimate of drug-likeness (QED) is 0.102. The van der Waals surface area contributed by atoms with E-state index in [-0.39, 0.29) is 37.0 Å². The Morgan fingerprint density at radius 2 is 1.03 bits per heavy atom. The molecule has 0 atom stereocenters. The van der Waals surface area contributed by atoms with E-state index in [0.29, 0.717) is 18.0 Å². The average Bonchev–Trinajstić information content (AvgIpc) is 3.23. The molecule has 59 heavy (non-hydrogen) atoms. The van der Waals surface area contributed by atoms with Crippen molar-refractivity contribution < 1.29 is 18.9 Å². The number of rotatable bonds is 15. The van der Waals surface area contributed by atoms with Crippen molar-refractivity contribution in [2.24, 2.45) is 0 Å². The van der Waals surface area contributed by atoms with Crippen LogP contribution in [0.4, 0.5) is 11.9 Å². The zero-order chi connectivity index (χ0) is 39.7. The Kier molecular flexibility index (Phi) is 16.4. The van der Waals surface area contributed by atoms with E-state index >= 15 is 0 Å². The van der Waals surface area contributed by atoms with Gasteiger partial charge < -0.3 is 23.8 Å². The highest BCUT2D eigenvalue weighted by atomic mass is 35.5. The van der Waals surface area contributed by atoms with Crippen molar-refractivity contribution in [1.29, 1.82) is 0 Å². The molecule has 5 aromatic rings. The number of halogens is 2. The van der Waals surface area contributed by atoms with Gasteiger partial charge in [0.25, 0.3) is 0 Å². The van der Waals surface area contributed by atoms with Crippen LogP contribution in [0.5, 0.6) is 23.0 Å². The van der Waals surface area contributed by atoms with Gasteiger partial charge in [0.05, 0.1) is 26.4 Å². The van der Waals surface area contributed by atoms with Gasteiger partial charge in [-0.25, -0.2) is 24.9 Å². The second kappa shape index (κ2) is 21.4. The molecule has 316 valence electrons. The van der Waals surface area contributed by atoms with Crippen molar-refractivity contribution in [3.8, 4) is 45.3 Å². The molecule has 0 radical (unpaired) electrons. The van der Waals surface area contributed by atoms with Crippen molar-refractivity contribution in [3.05, 3.63) is 97.1 Å². The van der Waals surface area contributed by atoms with E-state index in [2.05, 4.69) is 60.1 Å². The summed E-state index contributed by atoms with van der Waals surface area (Å²) in [4.78, 5) is 24.0. The maximum absolute atomic E-state index is 6.10. The predicted molar refractivity (Wildman–Crippen MR) is 240 cm³/mol. The number of hydrogen-bond acceptors (Lipinski definition) is 12. The van der Waals surface area contributed by atoms with Crippen LogP contribution in [0.15, 0.2) is 91.5 Å². The molecule has 0 bridgehead atoms. The molecule has 2 fully saturated rings. The van der Waals surface area contributed by atoms with Gasteiger partial charge in [0.1, 0.15) is 23.0 Å². The standard InChI is InChI=1S/C45H56N8O4.2ClH/c1-31(2)56-42-23-33(24-43(25-42)57-32(3)4)30-51-19-15-38(16-20-51)53(50-44-46-26-36(27-47-44)34-7-11-40(54-5)12-8-34)39-17-21-52(22-18-39)45-48-28-37(29-49-45)35-9-13-41(55-6)14-10-35;;/h7-14,23-29,31-32,38-39H,15-22,30H2,1-6H3,(H,46,47,50);2*1H. The molecule has 4 heterocycles. The van der Waals surface area contributed by atoms with Gasteiger partial charge in [-0.05, 0) is 106 Å². The highest BCUT2D eigenvalue weighted by Crippen LogP contribution is 2.30. The maximum atomic E-state index is 6.10. The molecule has 0 spiro atoms. The summed E-state index contributed by atoms with van der Waals surface area (Å²) >= 11 is 0. The first kappa shape index (κ1) is 45.2. The summed E-state index contributed by atoms with van der Waals surface area (Å²) in [6, 6.07) is 22.9. The van der Waals surface area contributed by atoms with E-state index in [1.165, 1.54) is 5.56 Å². The molecule has 0 saturated carbocycles. The number of hydrogen-bond donors (Lipinski definition) is 1. The lowest BCUT2D eigenvalue weighted by Gasteiger charge is -2.45. The lowest BCUT2D eigenvalue weighted by atomic mass is 9.98. The number of hydrazine groups is 1. The summed E-state index contributed by atoms with van der Waals surface area (Å²) in [5, 5.41) is 2.45. The third kappa shape index (κ3) is 12.1. The Hall–Kier alpha value is -4.88. The smallest absolute Gasteiger partial charge is 0.237 e. The van der Waals surface area contributed by atoms with Gasteiger partial charge >= 0.3 is 0 Å². The zero-order valence-electron chi connectivity index (χ0n) is 34.9. The average molecular weight is 846 g/mol. The summed E-state index contributed by atoms with van der Waals surface area (Å²) in [5.74, 6) is 4.73. The molecule has 7 rings (SSSR count). The van der Waals surface area contributed by atoms with Crippen LogP contribution in [0.1, 0.15) is 58.9 Å². The third-order valence-corrected chi connectivity index (χ3v) is 10.5. The first-order valence-corrected chi connectivity index (χ1v) is 20.2. The molecule has 0 amide bonds. The van der Waals surface area contributed by atoms with Crippen molar-refractivity contribution >= 4 is 36.7 Å². The SMILES string of the molecule is COc1ccc(-c2cnc(NN(C3CCN(Cc4cc(OC(C)C)cc(OC(C)C)c4)CC3)C3CCN(c4ncc(-c5ccc(OC)cc5)cn4)CC3)nc2)cc1.Cl.Cl. The molecule has 2 aliphatic rings. The Bertz CT molecular complexity index is 1980. The predicted octanol–water partition coefficient (Wildman–Crippen LogP) is 9.00. The number of likely N-dealkylation sites (tertiary alicyclic amines) is 1. The highest BCUT2D eigenvalue weighted by Gasteiger charge is 2.33. The van der Waals surface area contributed by atoms with Gasteiger partial charge in [0, 0.05) is 86.8 Å². The molecule has 0 unspecified atom stereocenters. The summed E-state index contributed by atoms with van der Waals surface area (Å²) in [6.45, 7) is 12.7. The Morgan fingerprint density at radius 3 is 1.47 bits per heavy atom. The minimum atomic E-state index is 0. The molecule has 2 aromatic heterocycles. The van der Waals surface area contributed by atoms with Crippen molar-refractivity contribution in [3.63, 3.8) is 0 Å². The lowest BCUT2D eigenvalue weighted by Crippen LogP contribution is -2.54. The van der Waals surface area contributed by atoms with E-state index in [1.807, 2.05) is 79.4 Å². The zero-order valence-corrected chi connectivity index (χ0v) is 36.5. The number of anilines is 2. The second-order valence-electron chi connectivity index (χ2n) is 15.4. The molecule has 0 aliphatic carbocycles. The topological polar surface area (TPSA) is 110 Å². The normalized spacial score (nSPS) is 15.1. The Balaban J connectivity index is 0.00000331. The summed E-state index contributed by atoms with van der Waals surface area (Å²) in [6.07, 6.45) is 11.7. The van der Waals surface area contributed by atoms with E-state index in [9.17, 15) is 0 Å². The fourth-order valence-corrected chi connectivity index (χ4v) is 7.69.